The third-order valence-corrected chi connectivity index (χ3v) is 5.86. The van der Waals surface area contributed by atoms with E-state index in [2.05, 4.69) is 15.0 Å². The summed E-state index contributed by atoms with van der Waals surface area (Å²) < 4.78 is 1.25. The van der Waals surface area contributed by atoms with Gasteiger partial charge in [-0.05, 0) is 36.3 Å². The standard InChI is InChI=1S/C14H11N3OS2/c18-12-10-8-4-3-7-19-14(8)20-13(10)17-11(16-12)9-5-1-2-6-15-9/h1-2,5-6H,3-4,7H2,(H,16,17,18). The number of pyridine rings is 1. The Balaban J connectivity index is 1.97. The predicted molar refractivity (Wildman–Crippen MR) is 82.5 cm³/mol. The fourth-order valence-corrected chi connectivity index (χ4v) is 4.96. The van der Waals surface area contributed by atoms with Gasteiger partial charge < -0.3 is 4.98 Å². The van der Waals surface area contributed by atoms with Crippen LogP contribution in [0.2, 0.25) is 0 Å². The molecule has 0 aromatic carbocycles. The molecule has 20 heavy (non-hydrogen) atoms. The van der Waals surface area contributed by atoms with Crippen molar-refractivity contribution in [3.8, 4) is 11.5 Å². The fourth-order valence-electron chi connectivity index (χ4n) is 2.43. The van der Waals surface area contributed by atoms with Gasteiger partial charge in [0.05, 0.1) is 9.60 Å². The Kier molecular flexibility index (Phi) is 2.85. The number of fused-ring (bicyclic) bond motifs is 3. The molecular weight excluding hydrogens is 290 g/mol. The van der Waals surface area contributed by atoms with Crippen LogP contribution in [0.25, 0.3) is 21.7 Å². The maximum absolute atomic E-state index is 12.4. The topological polar surface area (TPSA) is 58.6 Å². The number of H-pyrrole nitrogens is 1. The van der Waals surface area contributed by atoms with E-state index in [1.165, 1.54) is 9.77 Å². The van der Waals surface area contributed by atoms with Gasteiger partial charge >= 0.3 is 0 Å². The van der Waals surface area contributed by atoms with E-state index in [9.17, 15) is 4.79 Å². The van der Waals surface area contributed by atoms with Crippen molar-refractivity contribution in [2.75, 3.05) is 5.75 Å². The lowest BCUT2D eigenvalue weighted by molar-refractivity contribution is 0.910. The molecule has 0 spiro atoms. The van der Waals surface area contributed by atoms with E-state index in [4.69, 9.17) is 0 Å². The number of thioether (sulfide) groups is 1. The first-order chi connectivity index (χ1) is 9.83. The van der Waals surface area contributed by atoms with Crippen LogP contribution in [0, 0.1) is 0 Å². The molecule has 0 saturated carbocycles. The normalized spacial score (nSPS) is 14.4. The zero-order chi connectivity index (χ0) is 13.5. The van der Waals surface area contributed by atoms with Gasteiger partial charge in [0.1, 0.15) is 10.5 Å². The van der Waals surface area contributed by atoms with Crippen molar-refractivity contribution in [3.05, 3.63) is 40.3 Å². The summed E-state index contributed by atoms with van der Waals surface area (Å²) in [5, 5.41) is 0.775. The summed E-state index contributed by atoms with van der Waals surface area (Å²) in [6, 6.07) is 5.59. The molecule has 0 amide bonds. The Bertz CT molecular complexity index is 839. The Morgan fingerprint density at radius 2 is 2.25 bits per heavy atom. The molecule has 0 radical (unpaired) electrons. The summed E-state index contributed by atoms with van der Waals surface area (Å²) in [6.07, 6.45) is 3.82. The van der Waals surface area contributed by atoms with Gasteiger partial charge in [-0.3, -0.25) is 9.78 Å². The number of aromatic nitrogens is 3. The molecule has 3 aromatic heterocycles. The van der Waals surface area contributed by atoms with Crippen molar-refractivity contribution in [1.29, 1.82) is 0 Å². The van der Waals surface area contributed by atoms with E-state index >= 15 is 0 Å². The number of thiophene rings is 1. The SMILES string of the molecule is O=c1[nH]c(-c2ccccn2)nc2sc3c(c12)CCCS3. The van der Waals surface area contributed by atoms with Gasteiger partial charge in [0.2, 0.25) is 0 Å². The number of hydrogen-bond acceptors (Lipinski definition) is 5. The second kappa shape index (κ2) is 4.71. The van der Waals surface area contributed by atoms with Crippen molar-refractivity contribution in [2.24, 2.45) is 0 Å². The fraction of sp³-hybridized carbons (Fsp3) is 0.214. The smallest absolute Gasteiger partial charge is 0.260 e. The van der Waals surface area contributed by atoms with Gasteiger partial charge in [-0.25, -0.2) is 4.98 Å². The van der Waals surface area contributed by atoms with Crippen molar-refractivity contribution in [1.82, 2.24) is 15.0 Å². The van der Waals surface area contributed by atoms with Gasteiger partial charge in [0.15, 0.2) is 5.82 Å². The van der Waals surface area contributed by atoms with E-state index in [-0.39, 0.29) is 5.56 Å². The van der Waals surface area contributed by atoms with Crippen LogP contribution in [0.5, 0.6) is 0 Å². The highest BCUT2D eigenvalue weighted by Crippen LogP contribution is 2.40. The van der Waals surface area contributed by atoms with Gasteiger partial charge in [0.25, 0.3) is 5.56 Å². The average molecular weight is 301 g/mol. The quantitative estimate of drug-likeness (QED) is 0.750. The summed E-state index contributed by atoms with van der Waals surface area (Å²) in [6.45, 7) is 0. The highest BCUT2D eigenvalue weighted by Gasteiger charge is 2.20. The lowest BCUT2D eigenvalue weighted by Gasteiger charge is -2.09. The van der Waals surface area contributed by atoms with Crippen LogP contribution >= 0.6 is 23.1 Å². The first kappa shape index (κ1) is 12.1. The molecule has 100 valence electrons. The first-order valence-corrected chi connectivity index (χ1v) is 8.23. The molecule has 3 aromatic rings. The highest BCUT2D eigenvalue weighted by molar-refractivity contribution is 8.01. The molecule has 0 aliphatic carbocycles. The maximum Gasteiger partial charge on any atom is 0.260 e. The molecule has 0 saturated heterocycles. The van der Waals surface area contributed by atoms with Crippen molar-refractivity contribution in [3.63, 3.8) is 0 Å². The third-order valence-electron chi connectivity index (χ3n) is 3.34. The Labute approximate surface area is 123 Å². The minimum absolute atomic E-state index is 0.0457. The Hall–Kier alpha value is -1.66. The molecule has 4 heterocycles. The summed E-state index contributed by atoms with van der Waals surface area (Å²) in [5.41, 5.74) is 1.84. The average Bonchev–Trinajstić information content (AvgIpc) is 2.87. The van der Waals surface area contributed by atoms with Crippen LogP contribution in [-0.4, -0.2) is 20.7 Å². The van der Waals surface area contributed by atoms with E-state index in [0.29, 0.717) is 11.5 Å². The Morgan fingerprint density at radius 3 is 3.10 bits per heavy atom. The number of nitrogens with zero attached hydrogens (tertiary/aromatic N) is 2. The van der Waals surface area contributed by atoms with Gasteiger partial charge in [-0.1, -0.05) is 6.07 Å². The van der Waals surface area contributed by atoms with Crippen LogP contribution in [0.4, 0.5) is 0 Å². The second-order valence-corrected chi connectivity index (χ2v) is 6.99. The first-order valence-electron chi connectivity index (χ1n) is 6.43. The summed E-state index contributed by atoms with van der Waals surface area (Å²) in [5.74, 6) is 1.68. The molecule has 1 aliphatic heterocycles. The monoisotopic (exact) mass is 301 g/mol. The van der Waals surface area contributed by atoms with E-state index in [1.54, 1.807) is 17.5 Å². The molecule has 1 aliphatic rings. The number of aryl methyl sites for hydroxylation is 1. The van der Waals surface area contributed by atoms with Crippen molar-refractivity contribution >= 4 is 33.3 Å². The molecular formula is C14H11N3OS2. The Morgan fingerprint density at radius 1 is 1.30 bits per heavy atom. The van der Waals surface area contributed by atoms with E-state index in [1.807, 2.05) is 30.0 Å². The van der Waals surface area contributed by atoms with Crippen molar-refractivity contribution < 1.29 is 0 Å². The lowest BCUT2D eigenvalue weighted by Crippen LogP contribution is -2.11. The summed E-state index contributed by atoms with van der Waals surface area (Å²) in [7, 11) is 0. The minimum Gasteiger partial charge on any atom is -0.305 e. The molecule has 6 heteroatoms. The third kappa shape index (κ3) is 1.87. The minimum atomic E-state index is -0.0457. The maximum atomic E-state index is 12.4. The zero-order valence-corrected chi connectivity index (χ0v) is 12.2. The molecule has 0 bridgehead atoms. The molecule has 0 fully saturated rings. The van der Waals surface area contributed by atoms with Gasteiger partial charge in [0, 0.05) is 6.20 Å². The molecule has 4 rings (SSSR count). The van der Waals surface area contributed by atoms with E-state index in [0.717, 1.165) is 28.8 Å². The zero-order valence-electron chi connectivity index (χ0n) is 10.5. The summed E-state index contributed by atoms with van der Waals surface area (Å²) >= 11 is 3.46. The molecule has 1 N–H and O–H groups in total. The van der Waals surface area contributed by atoms with Crippen LogP contribution < -0.4 is 5.56 Å². The number of rotatable bonds is 1. The summed E-state index contributed by atoms with van der Waals surface area (Å²) in [4.78, 5) is 24.9. The highest BCUT2D eigenvalue weighted by atomic mass is 32.2. The van der Waals surface area contributed by atoms with E-state index < -0.39 is 0 Å². The van der Waals surface area contributed by atoms with Crippen LogP contribution in [0.3, 0.4) is 0 Å². The van der Waals surface area contributed by atoms with Gasteiger partial charge in [-0.15, -0.1) is 23.1 Å². The van der Waals surface area contributed by atoms with Crippen molar-refractivity contribution in [2.45, 2.75) is 17.1 Å². The van der Waals surface area contributed by atoms with Crippen LogP contribution in [0.1, 0.15) is 12.0 Å². The molecule has 0 unspecified atom stereocenters. The molecule has 0 atom stereocenters. The predicted octanol–water partition coefficient (Wildman–Crippen LogP) is 3.08. The van der Waals surface area contributed by atoms with Crippen LogP contribution in [-0.2, 0) is 6.42 Å². The number of hydrogen-bond donors (Lipinski definition) is 1. The largest absolute Gasteiger partial charge is 0.305 e. The number of aromatic amines is 1. The van der Waals surface area contributed by atoms with Gasteiger partial charge in [-0.2, -0.15) is 0 Å². The number of nitrogens with one attached hydrogen (secondary N) is 1. The lowest BCUT2D eigenvalue weighted by atomic mass is 10.1. The second-order valence-electron chi connectivity index (χ2n) is 4.63. The van der Waals surface area contributed by atoms with Crippen LogP contribution in [0.15, 0.2) is 33.4 Å². The molecule has 4 nitrogen and oxygen atoms in total.